The van der Waals surface area contributed by atoms with E-state index in [1.165, 1.54) is 30.3 Å². The maximum atomic E-state index is 12.2. The molecule has 0 saturated heterocycles. The first-order chi connectivity index (χ1) is 14.8. The molecule has 0 saturated carbocycles. The van der Waals surface area contributed by atoms with Gasteiger partial charge in [-0.3, -0.25) is 0 Å². The monoisotopic (exact) mass is 436 g/mol. The molecule has 0 radical (unpaired) electrons. The van der Waals surface area contributed by atoms with Crippen molar-refractivity contribution in [1.29, 1.82) is 0 Å². The summed E-state index contributed by atoms with van der Waals surface area (Å²) < 4.78 is 51.7. The first-order valence-electron chi connectivity index (χ1n) is 9.73. The fourth-order valence-electron chi connectivity index (χ4n) is 2.31. The molecule has 0 aliphatic heterocycles. The molecule has 0 fully saturated rings. The third-order valence-electron chi connectivity index (χ3n) is 3.99. The lowest BCUT2D eigenvalue weighted by molar-refractivity contribution is -0.140. The summed E-state index contributed by atoms with van der Waals surface area (Å²) in [7, 11) is 0. The van der Waals surface area contributed by atoms with Crippen LogP contribution in [0.15, 0.2) is 54.6 Å². The maximum absolute atomic E-state index is 12.2. The minimum Gasteiger partial charge on any atom is -0.493 e. The molecule has 5 nitrogen and oxygen atoms in total. The Morgan fingerprint density at radius 1 is 0.935 bits per heavy atom. The molecule has 0 bridgehead atoms. The number of ether oxygens (including phenoxy) is 3. The lowest BCUT2D eigenvalue weighted by Gasteiger charge is -2.09. The van der Waals surface area contributed by atoms with Crippen molar-refractivity contribution in [2.45, 2.75) is 32.4 Å². The van der Waals surface area contributed by atoms with Crippen molar-refractivity contribution in [3.05, 3.63) is 65.7 Å². The zero-order valence-corrected chi connectivity index (χ0v) is 17.0. The van der Waals surface area contributed by atoms with Gasteiger partial charge in [-0.15, -0.1) is 0 Å². The van der Waals surface area contributed by atoms with Gasteiger partial charge in [-0.25, -0.2) is 9.59 Å². The summed E-state index contributed by atoms with van der Waals surface area (Å²) in [6.07, 6.45) is -0.661. The molecule has 0 amide bonds. The average Bonchev–Trinajstić information content (AvgIpc) is 2.73. The zero-order chi connectivity index (χ0) is 22.7. The first kappa shape index (κ1) is 24.0. The van der Waals surface area contributed by atoms with Gasteiger partial charge in [0.05, 0.1) is 25.2 Å². The van der Waals surface area contributed by atoms with E-state index in [9.17, 15) is 22.8 Å². The van der Waals surface area contributed by atoms with Crippen molar-refractivity contribution in [2.75, 3.05) is 13.2 Å². The van der Waals surface area contributed by atoms with Crippen molar-refractivity contribution in [3.63, 3.8) is 0 Å². The van der Waals surface area contributed by atoms with Crippen LogP contribution in [-0.4, -0.2) is 31.3 Å². The number of rotatable bonds is 10. The highest BCUT2D eigenvalue weighted by Crippen LogP contribution is 2.21. The predicted molar refractivity (Wildman–Crippen MR) is 109 cm³/mol. The molecular weight excluding hydrogens is 413 g/mol. The zero-order valence-electron chi connectivity index (χ0n) is 17.0. The number of carbonyl (C=O) groups is 2. The quantitative estimate of drug-likeness (QED) is 0.210. The fraction of sp³-hybridized carbons (Fsp3) is 0.304. The van der Waals surface area contributed by atoms with E-state index in [1.54, 1.807) is 30.3 Å². The highest BCUT2D eigenvalue weighted by molar-refractivity contribution is 5.91. The second-order valence-electron chi connectivity index (χ2n) is 6.55. The van der Waals surface area contributed by atoms with Gasteiger partial charge in [0.25, 0.3) is 0 Å². The summed E-state index contributed by atoms with van der Waals surface area (Å²) in [5.41, 5.74) is 0.953. The molecule has 0 spiro atoms. The molecule has 166 valence electrons. The van der Waals surface area contributed by atoms with E-state index >= 15 is 0 Å². The van der Waals surface area contributed by atoms with Gasteiger partial charge in [0, 0.05) is 6.08 Å². The molecule has 31 heavy (non-hydrogen) atoms. The van der Waals surface area contributed by atoms with Crippen molar-refractivity contribution in [2.24, 2.45) is 0 Å². The van der Waals surface area contributed by atoms with E-state index in [0.29, 0.717) is 12.4 Å². The lowest BCUT2D eigenvalue weighted by atomic mass is 10.2. The van der Waals surface area contributed by atoms with Crippen molar-refractivity contribution < 1.29 is 37.0 Å². The summed E-state index contributed by atoms with van der Waals surface area (Å²) in [5.74, 6) is -0.511. The Kier molecular flexibility index (Phi) is 9.12. The van der Waals surface area contributed by atoms with Crippen LogP contribution in [0.5, 0.6) is 11.5 Å². The van der Waals surface area contributed by atoms with Crippen LogP contribution >= 0.6 is 0 Å². The van der Waals surface area contributed by atoms with Gasteiger partial charge in [0.2, 0.25) is 0 Å². The Morgan fingerprint density at radius 3 is 2.19 bits per heavy atom. The van der Waals surface area contributed by atoms with Crippen LogP contribution in [0.3, 0.4) is 0 Å². The largest absolute Gasteiger partial charge is 0.493 e. The second kappa shape index (κ2) is 11.8. The van der Waals surface area contributed by atoms with Gasteiger partial charge < -0.3 is 14.2 Å². The van der Waals surface area contributed by atoms with Crippen LogP contribution < -0.4 is 9.47 Å². The van der Waals surface area contributed by atoms with Crippen LogP contribution in [0.2, 0.25) is 0 Å². The van der Waals surface area contributed by atoms with Gasteiger partial charge in [0.1, 0.15) is 11.5 Å². The SMILES string of the molecule is CCCCOC(=O)/C=C/c1ccc(OC(=O)c2ccc(OCCC(F)(F)F)cc2)cc1. The van der Waals surface area contributed by atoms with Crippen molar-refractivity contribution >= 4 is 18.0 Å². The Bertz CT molecular complexity index is 872. The minimum absolute atomic E-state index is 0.224. The van der Waals surface area contributed by atoms with Gasteiger partial charge in [-0.1, -0.05) is 25.5 Å². The van der Waals surface area contributed by atoms with E-state index in [0.717, 1.165) is 18.4 Å². The highest BCUT2D eigenvalue weighted by atomic mass is 19.4. The van der Waals surface area contributed by atoms with E-state index in [4.69, 9.17) is 14.2 Å². The molecule has 8 heteroatoms. The molecule has 2 aromatic rings. The van der Waals surface area contributed by atoms with Gasteiger partial charge in [0.15, 0.2) is 0 Å². The Labute approximate surface area is 178 Å². The Hall–Kier alpha value is -3.29. The molecule has 0 unspecified atom stereocenters. The molecule has 2 rings (SSSR count). The molecule has 0 atom stereocenters. The van der Waals surface area contributed by atoms with Crippen LogP contribution in [0, 0.1) is 0 Å². The van der Waals surface area contributed by atoms with Crippen molar-refractivity contribution in [1.82, 2.24) is 0 Å². The summed E-state index contributed by atoms with van der Waals surface area (Å²) in [4.78, 5) is 23.8. The van der Waals surface area contributed by atoms with E-state index in [1.807, 2.05) is 6.92 Å². The van der Waals surface area contributed by atoms with Crippen molar-refractivity contribution in [3.8, 4) is 11.5 Å². The van der Waals surface area contributed by atoms with Crippen LogP contribution in [0.4, 0.5) is 13.2 Å². The summed E-state index contributed by atoms with van der Waals surface area (Å²) >= 11 is 0. The summed E-state index contributed by atoms with van der Waals surface area (Å²) in [5, 5.41) is 0. The number of esters is 2. The number of carbonyl (C=O) groups excluding carboxylic acids is 2. The normalized spacial score (nSPS) is 11.4. The average molecular weight is 436 g/mol. The third-order valence-corrected chi connectivity index (χ3v) is 3.99. The van der Waals surface area contributed by atoms with E-state index in [2.05, 4.69) is 0 Å². The number of hydrogen-bond acceptors (Lipinski definition) is 5. The highest BCUT2D eigenvalue weighted by Gasteiger charge is 2.26. The smallest absolute Gasteiger partial charge is 0.392 e. The predicted octanol–water partition coefficient (Wildman–Crippen LogP) is 5.59. The third kappa shape index (κ3) is 9.37. The minimum atomic E-state index is -4.28. The standard InChI is InChI=1S/C23H23F3O5/c1-2-3-15-30-21(27)13-6-17-4-9-20(10-5-17)31-22(28)18-7-11-19(12-8-18)29-16-14-23(24,25)26/h4-13H,2-3,14-16H2,1H3/b13-6+. The van der Waals surface area contributed by atoms with E-state index < -0.39 is 31.1 Å². The lowest BCUT2D eigenvalue weighted by Crippen LogP contribution is -2.13. The molecule has 0 aromatic heterocycles. The van der Waals surface area contributed by atoms with Gasteiger partial charge in [-0.2, -0.15) is 13.2 Å². The van der Waals surface area contributed by atoms with Crippen LogP contribution in [0.1, 0.15) is 42.1 Å². The number of unbranched alkanes of at least 4 members (excludes halogenated alkanes) is 1. The topological polar surface area (TPSA) is 61.8 Å². The van der Waals surface area contributed by atoms with Crippen LogP contribution in [0.25, 0.3) is 6.08 Å². The first-order valence-corrected chi connectivity index (χ1v) is 9.73. The van der Waals surface area contributed by atoms with Gasteiger partial charge in [-0.05, 0) is 54.5 Å². The second-order valence-corrected chi connectivity index (χ2v) is 6.55. The summed E-state index contributed by atoms with van der Waals surface area (Å²) in [6, 6.07) is 12.1. The number of halogens is 3. The molecule has 0 aliphatic carbocycles. The Morgan fingerprint density at radius 2 is 1.58 bits per heavy atom. The summed E-state index contributed by atoms with van der Waals surface area (Å²) in [6.45, 7) is 1.89. The molecule has 0 heterocycles. The maximum Gasteiger partial charge on any atom is 0.392 e. The number of alkyl halides is 3. The fourth-order valence-corrected chi connectivity index (χ4v) is 2.31. The van der Waals surface area contributed by atoms with E-state index in [-0.39, 0.29) is 11.3 Å². The molecule has 0 N–H and O–H groups in total. The molecule has 2 aromatic carbocycles. The van der Waals surface area contributed by atoms with Gasteiger partial charge >= 0.3 is 18.1 Å². The number of benzene rings is 2. The number of hydrogen-bond donors (Lipinski definition) is 0. The van der Waals surface area contributed by atoms with Crippen LogP contribution in [-0.2, 0) is 9.53 Å². The Balaban J connectivity index is 1.84. The molecule has 0 aliphatic rings. The molecular formula is C23H23F3O5.